The molecule has 0 spiro atoms. The van der Waals surface area contributed by atoms with E-state index in [-0.39, 0.29) is 10.7 Å². The minimum absolute atomic E-state index is 0.0188. The Kier molecular flexibility index (Phi) is 4.84. The van der Waals surface area contributed by atoms with Gasteiger partial charge in [0.15, 0.2) is 0 Å². The van der Waals surface area contributed by atoms with Crippen molar-refractivity contribution in [3.63, 3.8) is 0 Å². The third-order valence-electron chi connectivity index (χ3n) is 3.95. The first-order chi connectivity index (χ1) is 7.96. The second-order valence-electron chi connectivity index (χ2n) is 4.72. The van der Waals surface area contributed by atoms with Gasteiger partial charge in [0.1, 0.15) is 0 Å². The molecule has 3 nitrogen and oxygen atoms in total. The highest BCUT2D eigenvalue weighted by atomic mass is 32.2. The number of nitrogens with two attached hydrogens (primary N) is 1. The van der Waals surface area contributed by atoms with E-state index in [4.69, 9.17) is 18.0 Å². The molecule has 1 rings (SSSR count). The van der Waals surface area contributed by atoms with Crippen molar-refractivity contribution in [3.05, 3.63) is 0 Å². The maximum atomic E-state index is 12.1. The Morgan fingerprint density at radius 1 is 1.47 bits per heavy atom. The lowest BCUT2D eigenvalue weighted by atomic mass is 10.0. The van der Waals surface area contributed by atoms with Crippen LogP contribution >= 0.6 is 24.0 Å². The molecule has 0 aromatic rings. The summed E-state index contributed by atoms with van der Waals surface area (Å²) in [7, 11) is 0. The molecule has 0 aromatic carbocycles. The molecule has 0 aromatic heterocycles. The van der Waals surface area contributed by atoms with Gasteiger partial charge in [-0.3, -0.25) is 4.79 Å². The van der Waals surface area contributed by atoms with Gasteiger partial charge in [0, 0.05) is 11.3 Å². The minimum Gasteiger partial charge on any atom is -0.392 e. The van der Waals surface area contributed by atoms with E-state index in [1.807, 2.05) is 11.8 Å². The van der Waals surface area contributed by atoms with E-state index in [2.05, 4.69) is 25.4 Å². The summed E-state index contributed by atoms with van der Waals surface area (Å²) < 4.78 is 0.141. The summed E-state index contributed by atoms with van der Waals surface area (Å²) in [5, 5.41) is 3.03. The molecule has 1 saturated carbocycles. The number of carbonyl (C=O) groups is 1. The van der Waals surface area contributed by atoms with Gasteiger partial charge in [-0.2, -0.15) is 11.8 Å². The van der Waals surface area contributed by atoms with Crippen LogP contribution in [0.5, 0.6) is 0 Å². The molecule has 17 heavy (non-hydrogen) atoms. The third kappa shape index (κ3) is 2.94. The van der Waals surface area contributed by atoms with Gasteiger partial charge in [0.2, 0.25) is 5.91 Å². The molecule has 1 aliphatic carbocycles. The van der Waals surface area contributed by atoms with E-state index in [9.17, 15) is 4.79 Å². The minimum atomic E-state index is -0.527. The predicted octanol–water partition coefficient (Wildman–Crippen LogP) is 2.09. The average molecular weight is 274 g/mol. The van der Waals surface area contributed by atoms with Crippen LogP contribution in [0.15, 0.2) is 0 Å². The van der Waals surface area contributed by atoms with Crippen molar-refractivity contribution in [1.82, 2.24) is 5.32 Å². The largest absolute Gasteiger partial charge is 0.392 e. The zero-order chi connectivity index (χ0) is 13.1. The smallest absolute Gasteiger partial charge is 0.233 e. The van der Waals surface area contributed by atoms with Crippen LogP contribution in [0, 0.1) is 5.41 Å². The predicted molar refractivity (Wildman–Crippen MR) is 78.3 cm³/mol. The highest BCUT2D eigenvalue weighted by Crippen LogP contribution is 2.46. The first-order valence-corrected chi connectivity index (χ1v) is 7.73. The summed E-state index contributed by atoms with van der Waals surface area (Å²) >= 11 is 6.79. The van der Waals surface area contributed by atoms with Crippen LogP contribution in [0.1, 0.15) is 39.5 Å². The van der Waals surface area contributed by atoms with Crippen LogP contribution in [-0.4, -0.2) is 28.4 Å². The Morgan fingerprint density at radius 3 is 2.29 bits per heavy atom. The molecule has 1 fully saturated rings. The molecular weight excluding hydrogens is 252 g/mol. The quantitative estimate of drug-likeness (QED) is 0.698. The van der Waals surface area contributed by atoms with Crippen LogP contribution in [0.2, 0.25) is 0 Å². The van der Waals surface area contributed by atoms with Crippen molar-refractivity contribution in [2.24, 2.45) is 11.1 Å². The summed E-state index contributed by atoms with van der Waals surface area (Å²) in [6.45, 7) is 5.02. The molecule has 0 unspecified atom stereocenters. The van der Waals surface area contributed by atoms with E-state index in [0.717, 1.165) is 25.7 Å². The molecule has 1 aliphatic rings. The van der Waals surface area contributed by atoms with Crippen LogP contribution in [0.4, 0.5) is 0 Å². The number of rotatable bonds is 7. The summed E-state index contributed by atoms with van der Waals surface area (Å²) in [4.78, 5) is 12.4. The molecule has 1 amide bonds. The zero-order valence-corrected chi connectivity index (χ0v) is 12.5. The summed E-state index contributed by atoms with van der Waals surface area (Å²) in [5.74, 6) is 0.0188. The fourth-order valence-electron chi connectivity index (χ4n) is 1.98. The van der Waals surface area contributed by atoms with Crippen LogP contribution in [0.25, 0.3) is 0 Å². The molecular formula is C12H22N2OS2. The standard InChI is InChI=1S/C12H22N2OS2/c1-4-11(5-2,17-3)8-14-10(15)12(6-7-12)9(13)16/h4-8H2,1-3H3,(H2,13,16)(H,14,15). The Bertz CT molecular complexity index is 301. The van der Waals surface area contributed by atoms with Crippen LogP contribution in [0.3, 0.4) is 0 Å². The number of thiocarbonyl (C=S) groups is 1. The number of thioether (sulfide) groups is 1. The Balaban J connectivity index is 2.56. The van der Waals surface area contributed by atoms with Gasteiger partial charge < -0.3 is 11.1 Å². The van der Waals surface area contributed by atoms with Gasteiger partial charge in [-0.25, -0.2) is 0 Å². The topological polar surface area (TPSA) is 55.1 Å². The highest BCUT2D eigenvalue weighted by molar-refractivity contribution is 8.00. The fourth-order valence-corrected chi connectivity index (χ4v) is 3.07. The first kappa shape index (κ1) is 14.8. The number of hydrogen-bond acceptors (Lipinski definition) is 3. The monoisotopic (exact) mass is 274 g/mol. The fraction of sp³-hybridized carbons (Fsp3) is 0.833. The summed E-state index contributed by atoms with van der Waals surface area (Å²) in [6.07, 6.45) is 5.80. The van der Waals surface area contributed by atoms with Crippen molar-refractivity contribution in [2.45, 2.75) is 44.3 Å². The van der Waals surface area contributed by atoms with Gasteiger partial charge in [0.05, 0.1) is 10.4 Å². The van der Waals surface area contributed by atoms with E-state index in [1.165, 1.54) is 0 Å². The molecule has 5 heteroatoms. The highest BCUT2D eigenvalue weighted by Gasteiger charge is 2.52. The van der Waals surface area contributed by atoms with E-state index in [0.29, 0.717) is 11.5 Å². The molecule has 98 valence electrons. The number of carbonyl (C=O) groups excluding carboxylic acids is 1. The number of amides is 1. The van der Waals surface area contributed by atoms with Gasteiger partial charge in [-0.1, -0.05) is 26.1 Å². The zero-order valence-electron chi connectivity index (χ0n) is 10.8. The normalized spacial score (nSPS) is 17.6. The van der Waals surface area contributed by atoms with E-state index in [1.54, 1.807) is 0 Å². The van der Waals surface area contributed by atoms with E-state index >= 15 is 0 Å². The second kappa shape index (κ2) is 5.57. The van der Waals surface area contributed by atoms with Crippen molar-refractivity contribution in [2.75, 3.05) is 12.8 Å². The maximum absolute atomic E-state index is 12.1. The Morgan fingerprint density at radius 2 is 2.00 bits per heavy atom. The Hall–Kier alpha value is -0.290. The Labute approximate surface area is 113 Å². The van der Waals surface area contributed by atoms with Gasteiger partial charge in [-0.05, 0) is 31.9 Å². The van der Waals surface area contributed by atoms with Gasteiger partial charge in [-0.15, -0.1) is 0 Å². The maximum Gasteiger partial charge on any atom is 0.233 e. The van der Waals surface area contributed by atoms with Crippen molar-refractivity contribution >= 4 is 34.9 Å². The molecule has 0 radical (unpaired) electrons. The molecule has 0 atom stereocenters. The van der Waals surface area contributed by atoms with Gasteiger partial charge in [0.25, 0.3) is 0 Å². The second-order valence-corrected chi connectivity index (χ2v) is 6.44. The SMILES string of the molecule is CCC(CC)(CNC(=O)C1(C(N)=S)CC1)SC. The van der Waals surface area contributed by atoms with Crippen LogP contribution in [-0.2, 0) is 4.79 Å². The number of hydrogen-bond donors (Lipinski definition) is 2. The summed E-state index contributed by atoms with van der Waals surface area (Å²) in [5.41, 5.74) is 5.11. The lowest BCUT2D eigenvalue weighted by molar-refractivity contribution is -0.124. The van der Waals surface area contributed by atoms with Gasteiger partial charge >= 0.3 is 0 Å². The van der Waals surface area contributed by atoms with Crippen LogP contribution < -0.4 is 11.1 Å². The van der Waals surface area contributed by atoms with Crippen molar-refractivity contribution in [1.29, 1.82) is 0 Å². The molecule has 3 N–H and O–H groups in total. The molecule has 0 saturated heterocycles. The molecule has 0 heterocycles. The average Bonchev–Trinajstić information content (AvgIpc) is 3.12. The van der Waals surface area contributed by atoms with Crippen molar-refractivity contribution < 1.29 is 4.79 Å². The van der Waals surface area contributed by atoms with E-state index < -0.39 is 5.41 Å². The lowest BCUT2D eigenvalue weighted by Gasteiger charge is -2.30. The first-order valence-electron chi connectivity index (χ1n) is 6.09. The molecule has 0 aliphatic heterocycles. The summed E-state index contributed by atoms with van der Waals surface area (Å²) in [6, 6.07) is 0. The molecule has 0 bridgehead atoms. The lowest BCUT2D eigenvalue weighted by Crippen LogP contribution is -2.45. The van der Waals surface area contributed by atoms with Crippen molar-refractivity contribution in [3.8, 4) is 0 Å². The third-order valence-corrected chi connectivity index (χ3v) is 5.93. The number of nitrogens with one attached hydrogen (secondary N) is 1.